The monoisotopic (exact) mass is 296 g/mol. The molecule has 2 heterocycles. The van der Waals surface area contributed by atoms with E-state index in [1.807, 2.05) is 22.4 Å². The van der Waals surface area contributed by atoms with Gasteiger partial charge in [-0.05, 0) is 11.4 Å². The molecule has 1 saturated heterocycles. The van der Waals surface area contributed by atoms with E-state index in [1.165, 1.54) is 11.3 Å². The zero-order chi connectivity index (χ0) is 14.5. The Kier molecular flexibility index (Phi) is 5.11. The van der Waals surface area contributed by atoms with Crippen molar-refractivity contribution < 1.29 is 9.59 Å². The lowest BCUT2D eigenvalue weighted by atomic mass is 10.2. The highest BCUT2D eigenvalue weighted by Crippen LogP contribution is 2.19. The number of nitrogens with one attached hydrogen (secondary N) is 1. The van der Waals surface area contributed by atoms with Crippen LogP contribution in [-0.2, 0) is 9.59 Å². The van der Waals surface area contributed by atoms with Gasteiger partial charge in [0.1, 0.15) is 6.04 Å². The first kappa shape index (κ1) is 15.0. The van der Waals surface area contributed by atoms with Gasteiger partial charge in [-0.3, -0.25) is 14.5 Å². The van der Waals surface area contributed by atoms with Gasteiger partial charge < -0.3 is 16.0 Å². The third kappa shape index (κ3) is 3.56. The summed E-state index contributed by atoms with van der Waals surface area (Å²) in [5.41, 5.74) is 5.99. The SMILES string of the molecule is CNC(=O)CN1CCN(C(=O)C(N)c2cccs2)CC1. The number of thiophene rings is 1. The lowest BCUT2D eigenvalue weighted by molar-refractivity contribution is -0.134. The second-order valence-electron chi connectivity index (χ2n) is 4.77. The van der Waals surface area contributed by atoms with E-state index in [1.54, 1.807) is 11.9 Å². The maximum Gasteiger partial charge on any atom is 0.245 e. The van der Waals surface area contributed by atoms with E-state index < -0.39 is 6.04 Å². The number of nitrogens with two attached hydrogens (primary N) is 1. The molecule has 1 aliphatic heterocycles. The van der Waals surface area contributed by atoms with Crippen molar-refractivity contribution in [3.8, 4) is 0 Å². The zero-order valence-corrected chi connectivity index (χ0v) is 12.4. The Balaban J connectivity index is 1.84. The summed E-state index contributed by atoms with van der Waals surface area (Å²) in [6, 6.07) is 3.21. The number of hydrogen-bond donors (Lipinski definition) is 2. The first-order chi connectivity index (χ1) is 9.61. The van der Waals surface area contributed by atoms with Crippen LogP contribution in [0.4, 0.5) is 0 Å². The number of rotatable bonds is 4. The van der Waals surface area contributed by atoms with Crippen LogP contribution in [0.5, 0.6) is 0 Å². The Morgan fingerprint density at radius 1 is 1.40 bits per heavy atom. The van der Waals surface area contributed by atoms with Crippen molar-refractivity contribution in [3.63, 3.8) is 0 Å². The van der Waals surface area contributed by atoms with Crippen LogP contribution in [0.1, 0.15) is 10.9 Å². The highest BCUT2D eigenvalue weighted by atomic mass is 32.1. The molecule has 1 fully saturated rings. The molecule has 0 aliphatic carbocycles. The molecule has 2 rings (SSSR count). The Morgan fingerprint density at radius 2 is 2.10 bits per heavy atom. The summed E-state index contributed by atoms with van der Waals surface area (Å²) in [4.78, 5) is 28.3. The first-order valence-corrected chi connectivity index (χ1v) is 7.50. The molecule has 110 valence electrons. The number of piperazine rings is 1. The summed E-state index contributed by atoms with van der Waals surface area (Å²) in [6.07, 6.45) is 0. The van der Waals surface area contributed by atoms with Crippen LogP contribution in [0.2, 0.25) is 0 Å². The molecule has 0 radical (unpaired) electrons. The maximum atomic E-state index is 12.3. The fourth-order valence-corrected chi connectivity index (χ4v) is 2.91. The lowest BCUT2D eigenvalue weighted by Crippen LogP contribution is -2.52. The Hall–Kier alpha value is -1.44. The molecule has 3 N–H and O–H groups in total. The van der Waals surface area contributed by atoms with Crippen LogP contribution in [-0.4, -0.2) is 61.4 Å². The molecular formula is C13H20N4O2S. The fraction of sp³-hybridized carbons (Fsp3) is 0.538. The van der Waals surface area contributed by atoms with E-state index in [2.05, 4.69) is 5.32 Å². The van der Waals surface area contributed by atoms with Crippen molar-refractivity contribution in [1.82, 2.24) is 15.1 Å². The van der Waals surface area contributed by atoms with E-state index >= 15 is 0 Å². The predicted molar refractivity (Wildman–Crippen MR) is 78.3 cm³/mol. The number of carbonyl (C=O) groups is 2. The van der Waals surface area contributed by atoms with Gasteiger partial charge in [0.25, 0.3) is 0 Å². The van der Waals surface area contributed by atoms with E-state index in [9.17, 15) is 9.59 Å². The second kappa shape index (κ2) is 6.83. The maximum absolute atomic E-state index is 12.3. The molecule has 1 aromatic rings. The van der Waals surface area contributed by atoms with Gasteiger partial charge in [-0.25, -0.2) is 0 Å². The molecule has 0 aromatic carbocycles. The molecule has 1 aromatic heterocycles. The number of carbonyl (C=O) groups excluding carboxylic acids is 2. The summed E-state index contributed by atoms with van der Waals surface area (Å²) >= 11 is 1.50. The van der Waals surface area contributed by atoms with Gasteiger partial charge in [0.2, 0.25) is 11.8 Å². The minimum Gasteiger partial charge on any atom is -0.358 e. The van der Waals surface area contributed by atoms with Crippen LogP contribution < -0.4 is 11.1 Å². The van der Waals surface area contributed by atoms with Gasteiger partial charge in [0, 0.05) is 38.1 Å². The molecule has 0 bridgehead atoms. The van der Waals surface area contributed by atoms with Gasteiger partial charge in [0.15, 0.2) is 0 Å². The summed E-state index contributed by atoms with van der Waals surface area (Å²) < 4.78 is 0. The van der Waals surface area contributed by atoms with Crippen molar-refractivity contribution in [1.29, 1.82) is 0 Å². The molecular weight excluding hydrogens is 276 g/mol. The number of amides is 2. The molecule has 6 nitrogen and oxygen atoms in total. The Bertz CT molecular complexity index is 455. The highest BCUT2D eigenvalue weighted by Gasteiger charge is 2.27. The van der Waals surface area contributed by atoms with Crippen LogP contribution >= 0.6 is 11.3 Å². The topological polar surface area (TPSA) is 78.7 Å². The minimum absolute atomic E-state index is 0.0000588. The van der Waals surface area contributed by atoms with Gasteiger partial charge >= 0.3 is 0 Å². The smallest absolute Gasteiger partial charge is 0.245 e. The van der Waals surface area contributed by atoms with Crippen LogP contribution in [0.15, 0.2) is 17.5 Å². The summed E-state index contributed by atoms with van der Waals surface area (Å²) in [7, 11) is 1.63. The predicted octanol–water partition coefficient (Wildman–Crippen LogP) is -0.362. The lowest BCUT2D eigenvalue weighted by Gasteiger charge is -2.35. The number of nitrogens with zero attached hydrogens (tertiary/aromatic N) is 2. The third-order valence-electron chi connectivity index (χ3n) is 3.45. The summed E-state index contributed by atoms with van der Waals surface area (Å²) in [6.45, 7) is 3.03. The standard InChI is InChI=1S/C13H20N4O2S/c1-15-11(18)9-16-4-6-17(7-5-16)13(19)12(14)10-3-2-8-20-10/h2-3,8,12H,4-7,9,14H2,1H3,(H,15,18). The molecule has 1 aliphatic rings. The van der Waals surface area contributed by atoms with Crippen molar-refractivity contribution in [3.05, 3.63) is 22.4 Å². The van der Waals surface area contributed by atoms with E-state index in [4.69, 9.17) is 5.73 Å². The average Bonchev–Trinajstić information content (AvgIpc) is 3.00. The molecule has 20 heavy (non-hydrogen) atoms. The van der Waals surface area contributed by atoms with Gasteiger partial charge in [0.05, 0.1) is 6.54 Å². The fourth-order valence-electron chi connectivity index (χ4n) is 2.20. The Morgan fingerprint density at radius 3 is 2.65 bits per heavy atom. The van der Waals surface area contributed by atoms with E-state index in [0.717, 1.165) is 4.88 Å². The largest absolute Gasteiger partial charge is 0.358 e. The Labute approximate surface area is 122 Å². The van der Waals surface area contributed by atoms with Crippen LogP contribution in [0.25, 0.3) is 0 Å². The summed E-state index contributed by atoms with van der Waals surface area (Å²) in [5, 5.41) is 4.52. The summed E-state index contributed by atoms with van der Waals surface area (Å²) in [5.74, 6) is -0.0351. The molecule has 1 atom stereocenters. The molecule has 7 heteroatoms. The quantitative estimate of drug-likeness (QED) is 0.795. The molecule has 2 amide bonds. The second-order valence-corrected chi connectivity index (χ2v) is 5.75. The van der Waals surface area contributed by atoms with Crippen molar-refractivity contribution in [2.24, 2.45) is 5.73 Å². The molecule has 0 spiro atoms. The minimum atomic E-state index is -0.569. The van der Waals surface area contributed by atoms with Gasteiger partial charge in [-0.1, -0.05) is 6.07 Å². The van der Waals surface area contributed by atoms with Crippen molar-refractivity contribution in [2.45, 2.75) is 6.04 Å². The van der Waals surface area contributed by atoms with Crippen molar-refractivity contribution in [2.75, 3.05) is 39.8 Å². The average molecular weight is 296 g/mol. The van der Waals surface area contributed by atoms with Crippen molar-refractivity contribution >= 4 is 23.2 Å². The third-order valence-corrected chi connectivity index (χ3v) is 4.40. The molecule has 1 unspecified atom stereocenters. The van der Waals surface area contributed by atoms with Crippen LogP contribution in [0, 0.1) is 0 Å². The first-order valence-electron chi connectivity index (χ1n) is 6.62. The number of hydrogen-bond acceptors (Lipinski definition) is 5. The van der Waals surface area contributed by atoms with Crippen LogP contribution in [0.3, 0.4) is 0 Å². The zero-order valence-electron chi connectivity index (χ0n) is 11.5. The van der Waals surface area contributed by atoms with Gasteiger partial charge in [-0.15, -0.1) is 11.3 Å². The molecule has 0 saturated carbocycles. The van der Waals surface area contributed by atoms with E-state index in [0.29, 0.717) is 32.7 Å². The van der Waals surface area contributed by atoms with E-state index in [-0.39, 0.29) is 11.8 Å². The van der Waals surface area contributed by atoms with Gasteiger partial charge in [-0.2, -0.15) is 0 Å². The highest BCUT2D eigenvalue weighted by molar-refractivity contribution is 7.10. The number of likely N-dealkylation sites (N-methyl/N-ethyl adjacent to an activating group) is 1. The normalized spacial score (nSPS) is 17.8.